The van der Waals surface area contributed by atoms with Crippen LogP contribution in [-0.4, -0.2) is 66.5 Å². The number of hydrogen-bond acceptors (Lipinski definition) is 4. The van der Waals surface area contributed by atoms with E-state index in [0.29, 0.717) is 38.5 Å². The number of rotatable bonds is 3. The molecule has 2 aliphatic rings. The van der Waals surface area contributed by atoms with E-state index < -0.39 is 10.0 Å². The standard InChI is InChI=1S/C16H25N3O4S/c1-16(2)12-18(8-9-23-16)15(20)14-10-13(11-17(14)3)24(21,22)19-6-4-5-7-19/h10-11H,4-9,12H2,1-3H3. The molecule has 1 aromatic heterocycles. The van der Waals surface area contributed by atoms with Crippen molar-refractivity contribution in [1.82, 2.24) is 13.8 Å². The molecule has 134 valence electrons. The van der Waals surface area contributed by atoms with Gasteiger partial charge < -0.3 is 14.2 Å². The van der Waals surface area contributed by atoms with Crippen molar-refractivity contribution in [1.29, 1.82) is 0 Å². The maximum atomic E-state index is 12.8. The van der Waals surface area contributed by atoms with Crippen molar-refractivity contribution in [2.24, 2.45) is 7.05 Å². The molecule has 0 N–H and O–H groups in total. The van der Waals surface area contributed by atoms with Crippen LogP contribution in [-0.2, 0) is 21.8 Å². The van der Waals surface area contributed by atoms with E-state index in [1.54, 1.807) is 16.5 Å². The van der Waals surface area contributed by atoms with Crippen molar-refractivity contribution in [2.45, 2.75) is 37.2 Å². The number of carbonyl (C=O) groups is 1. The van der Waals surface area contributed by atoms with E-state index >= 15 is 0 Å². The van der Waals surface area contributed by atoms with Crippen LogP contribution in [0, 0.1) is 0 Å². The number of hydrogen-bond donors (Lipinski definition) is 0. The van der Waals surface area contributed by atoms with Gasteiger partial charge in [-0.1, -0.05) is 0 Å². The molecule has 8 heteroatoms. The summed E-state index contributed by atoms with van der Waals surface area (Å²) < 4.78 is 34.1. The quantitative estimate of drug-likeness (QED) is 0.813. The first kappa shape index (κ1) is 17.4. The van der Waals surface area contributed by atoms with Gasteiger partial charge in [0.05, 0.1) is 12.2 Å². The topological polar surface area (TPSA) is 71.9 Å². The van der Waals surface area contributed by atoms with Crippen molar-refractivity contribution >= 4 is 15.9 Å². The molecule has 3 rings (SSSR count). The maximum absolute atomic E-state index is 12.8. The lowest BCUT2D eigenvalue weighted by Gasteiger charge is -2.38. The molecular formula is C16H25N3O4S. The van der Waals surface area contributed by atoms with Gasteiger partial charge in [-0.25, -0.2) is 8.42 Å². The van der Waals surface area contributed by atoms with Crippen molar-refractivity contribution in [3.8, 4) is 0 Å². The van der Waals surface area contributed by atoms with Gasteiger partial charge in [0, 0.05) is 39.4 Å². The Hall–Kier alpha value is -1.38. The number of ether oxygens (including phenoxy) is 1. The molecule has 0 radical (unpaired) electrons. The molecule has 2 aliphatic heterocycles. The van der Waals surface area contributed by atoms with Crippen molar-refractivity contribution in [2.75, 3.05) is 32.8 Å². The highest BCUT2D eigenvalue weighted by Gasteiger charge is 2.33. The van der Waals surface area contributed by atoms with E-state index in [9.17, 15) is 13.2 Å². The number of amides is 1. The lowest BCUT2D eigenvalue weighted by molar-refractivity contribution is -0.0765. The van der Waals surface area contributed by atoms with Gasteiger partial charge in [0.25, 0.3) is 5.91 Å². The highest BCUT2D eigenvalue weighted by atomic mass is 32.2. The molecule has 0 spiro atoms. The molecule has 0 aromatic carbocycles. The predicted octanol–water partition coefficient (Wildman–Crippen LogP) is 1.06. The second-order valence-corrected chi connectivity index (χ2v) is 9.06. The number of aromatic nitrogens is 1. The molecule has 0 saturated carbocycles. The van der Waals surface area contributed by atoms with Crippen LogP contribution in [0.5, 0.6) is 0 Å². The molecule has 2 saturated heterocycles. The Kier molecular flexibility index (Phi) is 4.48. The Bertz CT molecular complexity index is 733. The third-order valence-corrected chi connectivity index (χ3v) is 6.48. The van der Waals surface area contributed by atoms with Crippen LogP contribution in [0.3, 0.4) is 0 Å². The van der Waals surface area contributed by atoms with Gasteiger partial charge in [-0.15, -0.1) is 0 Å². The average Bonchev–Trinajstić information content (AvgIpc) is 3.15. The van der Waals surface area contributed by atoms with E-state index in [2.05, 4.69) is 0 Å². The molecule has 3 heterocycles. The van der Waals surface area contributed by atoms with Crippen LogP contribution in [0.25, 0.3) is 0 Å². The summed E-state index contributed by atoms with van der Waals surface area (Å²) in [6, 6.07) is 1.50. The van der Waals surface area contributed by atoms with Crippen LogP contribution in [0.4, 0.5) is 0 Å². The van der Waals surface area contributed by atoms with Crippen molar-refractivity contribution < 1.29 is 17.9 Å². The lowest BCUT2D eigenvalue weighted by atomic mass is 10.1. The Morgan fingerprint density at radius 2 is 1.88 bits per heavy atom. The molecule has 0 unspecified atom stereocenters. The number of nitrogens with zero attached hydrogens (tertiary/aromatic N) is 3. The Balaban J connectivity index is 1.85. The second kappa shape index (κ2) is 6.16. The van der Waals surface area contributed by atoms with Gasteiger partial charge >= 0.3 is 0 Å². The highest BCUT2D eigenvalue weighted by molar-refractivity contribution is 7.89. The highest BCUT2D eigenvalue weighted by Crippen LogP contribution is 2.24. The second-order valence-electron chi connectivity index (χ2n) is 7.12. The van der Waals surface area contributed by atoms with E-state index in [-0.39, 0.29) is 16.4 Å². The summed E-state index contributed by atoms with van der Waals surface area (Å²) in [7, 11) is -1.80. The minimum absolute atomic E-state index is 0.156. The molecule has 24 heavy (non-hydrogen) atoms. The first-order valence-corrected chi connectivity index (χ1v) is 9.74. The summed E-state index contributed by atoms with van der Waals surface area (Å²) in [5.41, 5.74) is 0.00857. The molecule has 1 amide bonds. The zero-order valence-electron chi connectivity index (χ0n) is 14.5. The van der Waals surface area contributed by atoms with Gasteiger partial charge in [-0.05, 0) is 32.8 Å². The van der Waals surface area contributed by atoms with E-state index in [4.69, 9.17) is 4.74 Å². The summed E-state index contributed by atoms with van der Waals surface area (Å²) in [5, 5.41) is 0. The number of morpholine rings is 1. The zero-order chi connectivity index (χ0) is 17.5. The molecule has 7 nitrogen and oxygen atoms in total. The number of aryl methyl sites for hydroxylation is 1. The average molecular weight is 355 g/mol. The lowest BCUT2D eigenvalue weighted by Crippen LogP contribution is -2.50. The number of sulfonamides is 1. The van der Waals surface area contributed by atoms with Gasteiger partial charge in [-0.3, -0.25) is 4.79 Å². The normalized spacial score (nSPS) is 22.0. The minimum Gasteiger partial charge on any atom is -0.372 e. The third kappa shape index (κ3) is 3.22. The SMILES string of the molecule is Cn1cc(S(=O)(=O)N2CCCC2)cc1C(=O)N1CCOC(C)(C)C1. The van der Waals surface area contributed by atoms with Crippen molar-refractivity contribution in [3.63, 3.8) is 0 Å². The fourth-order valence-electron chi connectivity index (χ4n) is 3.32. The predicted molar refractivity (Wildman–Crippen MR) is 89.3 cm³/mol. The Morgan fingerprint density at radius 1 is 1.21 bits per heavy atom. The van der Waals surface area contributed by atoms with Gasteiger partial charge in [0.15, 0.2) is 0 Å². The first-order valence-electron chi connectivity index (χ1n) is 8.30. The van der Waals surface area contributed by atoms with E-state index in [1.165, 1.54) is 16.6 Å². The fraction of sp³-hybridized carbons (Fsp3) is 0.688. The van der Waals surface area contributed by atoms with Crippen molar-refractivity contribution in [3.05, 3.63) is 18.0 Å². The summed E-state index contributed by atoms with van der Waals surface area (Å²) in [6.45, 7) is 6.49. The molecule has 0 aliphatic carbocycles. The molecule has 2 fully saturated rings. The smallest absolute Gasteiger partial charge is 0.270 e. The number of carbonyl (C=O) groups excluding carboxylic acids is 1. The summed E-state index contributed by atoms with van der Waals surface area (Å²) in [5.74, 6) is -0.156. The van der Waals surface area contributed by atoms with E-state index in [1.807, 2.05) is 13.8 Å². The van der Waals surface area contributed by atoms with Gasteiger partial charge in [0.1, 0.15) is 10.6 Å². The monoisotopic (exact) mass is 355 g/mol. The molecule has 0 atom stereocenters. The first-order chi connectivity index (χ1) is 11.2. The van der Waals surface area contributed by atoms with Crippen LogP contribution in [0.2, 0.25) is 0 Å². The molecule has 1 aromatic rings. The van der Waals surface area contributed by atoms with Crippen LogP contribution in [0.1, 0.15) is 37.2 Å². The fourth-order valence-corrected chi connectivity index (χ4v) is 4.91. The van der Waals surface area contributed by atoms with E-state index in [0.717, 1.165) is 12.8 Å². The van der Waals surface area contributed by atoms with Gasteiger partial charge in [0.2, 0.25) is 10.0 Å². The summed E-state index contributed by atoms with van der Waals surface area (Å²) in [4.78, 5) is 14.7. The minimum atomic E-state index is -3.51. The zero-order valence-corrected chi connectivity index (χ0v) is 15.3. The Labute approximate surface area is 143 Å². The Morgan fingerprint density at radius 3 is 2.50 bits per heavy atom. The van der Waals surface area contributed by atoms with Crippen LogP contribution in [0.15, 0.2) is 17.2 Å². The summed E-state index contributed by atoms with van der Waals surface area (Å²) in [6.07, 6.45) is 3.31. The molecule has 0 bridgehead atoms. The maximum Gasteiger partial charge on any atom is 0.270 e. The largest absolute Gasteiger partial charge is 0.372 e. The van der Waals surface area contributed by atoms with Gasteiger partial charge in [-0.2, -0.15) is 4.31 Å². The molecular weight excluding hydrogens is 330 g/mol. The third-order valence-electron chi connectivity index (χ3n) is 4.61. The van der Waals surface area contributed by atoms with Crippen LogP contribution < -0.4 is 0 Å². The van der Waals surface area contributed by atoms with Crippen LogP contribution >= 0.6 is 0 Å². The summed E-state index contributed by atoms with van der Waals surface area (Å²) >= 11 is 0.